The van der Waals surface area contributed by atoms with Crippen LogP contribution in [-0.2, 0) is 9.59 Å². The Morgan fingerprint density at radius 3 is 2.25 bits per heavy atom. The minimum atomic E-state index is -0.285. The Balaban J connectivity index is 1.64. The SMILES string of the molecule is CC1CCC(C2C(=O)C3CCCC4C(N)CCC(C2=O)C34)C(C)C1. The van der Waals surface area contributed by atoms with Gasteiger partial charge in [-0.2, -0.15) is 0 Å². The van der Waals surface area contributed by atoms with Crippen LogP contribution in [-0.4, -0.2) is 17.6 Å². The lowest BCUT2D eigenvalue weighted by Crippen LogP contribution is -2.59. The molecule has 9 unspecified atom stereocenters. The lowest BCUT2D eigenvalue weighted by atomic mass is 9.50. The van der Waals surface area contributed by atoms with E-state index in [0.29, 0.717) is 29.3 Å². The summed E-state index contributed by atoms with van der Waals surface area (Å²) in [5.41, 5.74) is 6.38. The van der Waals surface area contributed by atoms with Crippen molar-refractivity contribution in [1.29, 1.82) is 0 Å². The fourth-order valence-electron chi connectivity index (χ4n) is 6.98. The van der Waals surface area contributed by atoms with Crippen molar-refractivity contribution >= 4 is 11.6 Å². The molecule has 0 aromatic rings. The third-order valence-electron chi connectivity index (χ3n) is 8.11. The van der Waals surface area contributed by atoms with Gasteiger partial charge in [-0.1, -0.05) is 26.7 Å². The van der Waals surface area contributed by atoms with Crippen molar-refractivity contribution in [2.45, 2.75) is 71.3 Å². The Bertz CT molecular complexity index is 512. The van der Waals surface area contributed by atoms with E-state index in [4.69, 9.17) is 5.73 Å². The molecule has 0 spiro atoms. The highest BCUT2D eigenvalue weighted by Gasteiger charge is 2.57. The van der Waals surface area contributed by atoms with Gasteiger partial charge in [-0.05, 0) is 68.1 Å². The summed E-state index contributed by atoms with van der Waals surface area (Å²) >= 11 is 0. The van der Waals surface area contributed by atoms with Crippen molar-refractivity contribution in [3.8, 4) is 0 Å². The molecular weight excluding hydrogens is 298 g/mol. The number of carbonyl (C=O) groups is 2. The van der Waals surface area contributed by atoms with Gasteiger partial charge in [-0.3, -0.25) is 9.59 Å². The molecule has 3 heteroatoms. The summed E-state index contributed by atoms with van der Waals surface area (Å²) in [5.74, 6) is 2.85. The predicted molar refractivity (Wildman–Crippen MR) is 94.2 cm³/mol. The van der Waals surface area contributed by atoms with Crippen LogP contribution in [0.25, 0.3) is 0 Å². The zero-order valence-corrected chi connectivity index (χ0v) is 15.2. The number of carbonyl (C=O) groups excluding carboxylic acids is 2. The number of Topliss-reactive ketones (excluding diaryl/α,β-unsaturated/α-hetero) is 2. The summed E-state index contributed by atoms with van der Waals surface area (Å²) in [7, 11) is 0. The Morgan fingerprint density at radius 1 is 0.833 bits per heavy atom. The van der Waals surface area contributed by atoms with Gasteiger partial charge in [0.2, 0.25) is 0 Å². The standard InChI is InChI=1S/C21H33NO2/c1-11-6-7-13(12(2)10-11)19-20(23)15-5-3-4-14-17(22)9-8-16(18(14)15)21(19)24/h11-19H,3-10,22H2,1-2H3. The molecule has 134 valence electrons. The molecule has 9 atom stereocenters. The molecular formula is C21H33NO2. The lowest BCUT2D eigenvalue weighted by molar-refractivity contribution is -0.157. The largest absolute Gasteiger partial charge is 0.327 e. The minimum absolute atomic E-state index is 0.134. The summed E-state index contributed by atoms with van der Waals surface area (Å²) in [6.45, 7) is 4.58. The third kappa shape index (κ3) is 2.50. The fraction of sp³-hybridized carbons (Fsp3) is 0.905. The van der Waals surface area contributed by atoms with Crippen LogP contribution in [0.5, 0.6) is 0 Å². The van der Waals surface area contributed by atoms with E-state index >= 15 is 0 Å². The topological polar surface area (TPSA) is 60.2 Å². The molecule has 2 N–H and O–H groups in total. The van der Waals surface area contributed by atoms with Gasteiger partial charge in [-0.25, -0.2) is 0 Å². The number of rotatable bonds is 1. The Hall–Kier alpha value is -0.700. The van der Waals surface area contributed by atoms with Crippen LogP contribution in [0.15, 0.2) is 0 Å². The second-order valence-electron chi connectivity index (χ2n) is 9.47. The van der Waals surface area contributed by atoms with E-state index in [9.17, 15) is 9.59 Å². The molecule has 4 fully saturated rings. The van der Waals surface area contributed by atoms with Crippen LogP contribution in [0.2, 0.25) is 0 Å². The molecule has 4 saturated carbocycles. The molecule has 0 aliphatic heterocycles. The van der Waals surface area contributed by atoms with Gasteiger partial charge in [0.1, 0.15) is 11.6 Å². The minimum Gasteiger partial charge on any atom is -0.327 e. The van der Waals surface area contributed by atoms with Crippen molar-refractivity contribution in [2.24, 2.45) is 53.1 Å². The summed E-state index contributed by atoms with van der Waals surface area (Å²) in [6, 6.07) is 0.209. The second-order valence-corrected chi connectivity index (χ2v) is 9.47. The average molecular weight is 332 g/mol. The van der Waals surface area contributed by atoms with Crippen molar-refractivity contribution in [1.82, 2.24) is 0 Å². The maximum absolute atomic E-state index is 13.4. The first-order chi connectivity index (χ1) is 11.5. The predicted octanol–water partition coefficient (Wildman–Crippen LogP) is 3.60. The molecule has 0 bridgehead atoms. The van der Waals surface area contributed by atoms with E-state index in [0.717, 1.165) is 44.4 Å². The Morgan fingerprint density at radius 2 is 1.54 bits per heavy atom. The molecule has 4 aliphatic carbocycles. The monoisotopic (exact) mass is 331 g/mol. The van der Waals surface area contributed by atoms with Gasteiger partial charge in [0.15, 0.2) is 0 Å². The third-order valence-corrected chi connectivity index (χ3v) is 8.11. The zero-order valence-electron chi connectivity index (χ0n) is 15.2. The first-order valence-electron chi connectivity index (χ1n) is 10.3. The van der Waals surface area contributed by atoms with Crippen molar-refractivity contribution in [3.05, 3.63) is 0 Å². The summed E-state index contributed by atoms with van der Waals surface area (Å²) < 4.78 is 0. The van der Waals surface area contributed by atoms with Gasteiger partial charge in [-0.15, -0.1) is 0 Å². The van der Waals surface area contributed by atoms with E-state index in [1.807, 2.05) is 0 Å². The van der Waals surface area contributed by atoms with Crippen LogP contribution in [0.3, 0.4) is 0 Å². The Labute approximate surface area is 146 Å². The number of hydrogen-bond acceptors (Lipinski definition) is 3. The molecule has 4 aliphatic rings. The fourth-order valence-corrected chi connectivity index (χ4v) is 6.98. The first-order valence-corrected chi connectivity index (χ1v) is 10.3. The van der Waals surface area contributed by atoms with Gasteiger partial charge < -0.3 is 5.73 Å². The van der Waals surface area contributed by atoms with Crippen LogP contribution >= 0.6 is 0 Å². The smallest absolute Gasteiger partial charge is 0.147 e. The van der Waals surface area contributed by atoms with E-state index in [1.165, 1.54) is 12.8 Å². The molecule has 0 saturated heterocycles. The number of nitrogens with two attached hydrogens (primary N) is 1. The average Bonchev–Trinajstić information content (AvgIpc) is 2.56. The van der Waals surface area contributed by atoms with E-state index in [1.54, 1.807) is 0 Å². The lowest BCUT2D eigenvalue weighted by Gasteiger charge is -2.53. The molecule has 4 rings (SSSR count). The van der Waals surface area contributed by atoms with E-state index in [-0.39, 0.29) is 29.7 Å². The second kappa shape index (κ2) is 6.23. The van der Waals surface area contributed by atoms with Crippen LogP contribution in [0, 0.1) is 47.3 Å². The van der Waals surface area contributed by atoms with E-state index < -0.39 is 0 Å². The van der Waals surface area contributed by atoms with Gasteiger partial charge >= 0.3 is 0 Å². The summed E-state index contributed by atoms with van der Waals surface area (Å²) in [4.78, 5) is 26.7. The molecule has 0 radical (unpaired) electrons. The molecule has 0 aromatic heterocycles. The van der Waals surface area contributed by atoms with Crippen molar-refractivity contribution in [3.63, 3.8) is 0 Å². The van der Waals surface area contributed by atoms with Gasteiger partial charge in [0.05, 0.1) is 5.92 Å². The van der Waals surface area contributed by atoms with Crippen LogP contribution in [0.1, 0.15) is 65.2 Å². The van der Waals surface area contributed by atoms with Crippen molar-refractivity contribution < 1.29 is 9.59 Å². The molecule has 24 heavy (non-hydrogen) atoms. The highest BCUT2D eigenvalue weighted by Crippen LogP contribution is 2.53. The van der Waals surface area contributed by atoms with Crippen molar-refractivity contribution in [2.75, 3.05) is 0 Å². The summed E-state index contributed by atoms with van der Waals surface area (Å²) in [6.07, 6.45) is 8.58. The zero-order chi connectivity index (χ0) is 17.0. The normalized spacial score (nSPS) is 52.0. The maximum Gasteiger partial charge on any atom is 0.147 e. The van der Waals surface area contributed by atoms with Crippen LogP contribution < -0.4 is 5.73 Å². The molecule has 0 amide bonds. The summed E-state index contributed by atoms with van der Waals surface area (Å²) in [5, 5.41) is 0. The van der Waals surface area contributed by atoms with Crippen LogP contribution in [0.4, 0.5) is 0 Å². The highest BCUT2D eigenvalue weighted by atomic mass is 16.2. The van der Waals surface area contributed by atoms with E-state index in [2.05, 4.69) is 13.8 Å². The Kier molecular flexibility index (Phi) is 4.35. The van der Waals surface area contributed by atoms with Gasteiger partial charge in [0.25, 0.3) is 0 Å². The van der Waals surface area contributed by atoms with Gasteiger partial charge in [0, 0.05) is 17.9 Å². The maximum atomic E-state index is 13.4. The molecule has 3 nitrogen and oxygen atoms in total. The molecule has 0 aromatic carbocycles. The number of hydrogen-bond donors (Lipinski definition) is 1. The number of ketones is 2. The highest BCUT2D eigenvalue weighted by molar-refractivity contribution is 6.07. The first kappa shape index (κ1) is 16.8. The quantitative estimate of drug-likeness (QED) is 0.747. The molecule has 0 heterocycles.